The van der Waals surface area contributed by atoms with Crippen LogP contribution in [0.1, 0.15) is 0 Å². The van der Waals surface area contributed by atoms with Crippen LogP contribution in [-0.2, 0) is 0 Å². The maximum Gasteiger partial charge on any atom is 0.295 e. The first kappa shape index (κ1) is 10.0. The zero-order valence-corrected chi connectivity index (χ0v) is 9.53. The minimum atomic E-state index is -0.431. The third kappa shape index (κ3) is 1.96. The lowest BCUT2D eigenvalue weighted by Gasteiger charge is -2.01. The molecule has 0 atom stereocenters. The van der Waals surface area contributed by atoms with Crippen LogP contribution in [0.4, 0.5) is 5.69 Å². The van der Waals surface area contributed by atoms with Gasteiger partial charge in [0.1, 0.15) is 18.3 Å². The van der Waals surface area contributed by atoms with Gasteiger partial charge in [0.15, 0.2) is 0 Å². The van der Waals surface area contributed by atoms with Crippen molar-refractivity contribution in [3.8, 4) is 5.69 Å². The van der Waals surface area contributed by atoms with Gasteiger partial charge in [-0.05, 0) is 34.7 Å². The van der Waals surface area contributed by atoms with Crippen LogP contribution >= 0.6 is 22.6 Å². The Labute approximate surface area is 98.2 Å². The molecule has 0 saturated heterocycles. The van der Waals surface area contributed by atoms with E-state index in [0.29, 0.717) is 5.69 Å². The lowest BCUT2D eigenvalue weighted by atomic mass is 10.3. The smallest absolute Gasteiger partial charge is 0.258 e. The molecule has 0 spiro atoms. The number of nitro benzene ring substituents is 1. The molecule has 6 nitrogen and oxygen atoms in total. The summed E-state index contributed by atoms with van der Waals surface area (Å²) < 4.78 is 2.18. The molecule has 0 aliphatic heterocycles. The van der Waals surface area contributed by atoms with Crippen LogP contribution in [0, 0.1) is 13.7 Å². The Bertz CT molecular complexity index is 497. The van der Waals surface area contributed by atoms with Crippen molar-refractivity contribution in [1.82, 2.24) is 14.8 Å². The van der Waals surface area contributed by atoms with Crippen molar-refractivity contribution in [3.63, 3.8) is 0 Å². The van der Waals surface area contributed by atoms with Gasteiger partial charge in [-0.25, -0.2) is 9.67 Å². The first-order valence-electron chi connectivity index (χ1n) is 3.97. The predicted octanol–water partition coefficient (Wildman–Crippen LogP) is 1.78. The summed E-state index contributed by atoms with van der Waals surface area (Å²) in [7, 11) is 0. The Morgan fingerprint density at radius 1 is 1.47 bits per heavy atom. The van der Waals surface area contributed by atoms with Crippen molar-refractivity contribution in [2.45, 2.75) is 0 Å². The highest BCUT2D eigenvalue weighted by atomic mass is 127. The monoisotopic (exact) mass is 316 g/mol. The summed E-state index contributed by atoms with van der Waals surface area (Å²) in [4.78, 5) is 14.1. The summed E-state index contributed by atoms with van der Waals surface area (Å²) in [6.45, 7) is 0. The number of hydrogen-bond acceptors (Lipinski definition) is 4. The number of hydrogen-bond donors (Lipinski definition) is 0. The third-order valence-electron chi connectivity index (χ3n) is 1.80. The molecule has 0 saturated carbocycles. The summed E-state index contributed by atoms with van der Waals surface area (Å²) in [6.07, 6.45) is 2.76. The normalized spacial score (nSPS) is 10.2. The molecule has 0 aliphatic rings. The average Bonchev–Trinajstić information content (AvgIpc) is 2.70. The molecule has 2 rings (SSSR count). The van der Waals surface area contributed by atoms with E-state index < -0.39 is 4.92 Å². The molecule has 15 heavy (non-hydrogen) atoms. The van der Waals surface area contributed by atoms with Crippen LogP contribution in [0.2, 0.25) is 0 Å². The van der Waals surface area contributed by atoms with Gasteiger partial charge in [0.2, 0.25) is 0 Å². The maximum atomic E-state index is 10.8. The molecule has 2 aromatic rings. The van der Waals surface area contributed by atoms with Crippen LogP contribution in [0.5, 0.6) is 0 Å². The number of nitro groups is 1. The topological polar surface area (TPSA) is 73.8 Å². The van der Waals surface area contributed by atoms with Crippen LogP contribution in [0.25, 0.3) is 5.69 Å². The molecule has 0 aliphatic carbocycles. The molecular weight excluding hydrogens is 311 g/mol. The Hall–Kier alpha value is -1.51. The number of nitrogens with zero attached hydrogens (tertiary/aromatic N) is 4. The van der Waals surface area contributed by atoms with E-state index in [0.717, 1.165) is 3.57 Å². The number of benzene rings is 1. The second-order valence-electron chi connectivity index (χ2n) is 2.73. The van der Waals surface area contributed by atoms with Crippen molar-refractivity contribution in [3.05, 3.63) is 44.5 Å². The fraction of sp³-hybridized carbons (Fsp3) is 0. The highest BCUT2D eigenvalue weighted by molar-refractivity contribution is 14.1. The Kier molecular flexibility index (Phi) is 2.62. The molecule has 0 unspecified atom stereocenters. The standard InChI is InChI=1S/C8H5IN4O2/c9-6-1-2-7(8(3-6)13(14)15)12-5-10-4-11-12/h1-5H. The Balaban J connectivity index is 2.61. The van der Waals surface area contributed by atoms with Gasteiger partial charge in [0, 0.05) is 9.64 Å². The zero-order valence-electron chi connectivity index (χ0n) is 7.37. The molecule has 0 bridgehead atoms. The average molecular weight is 316 g/mol. The number of aromatic nitrogens is 3. The third-order valence-corrected chi connectivity index (χ3v) is 2.47. The van der Waals surface area contributed by atoms with E-state index in [1.807, 2.05) is 22.6 Å². The number of rotatable bonds is 2. The van der Waals surface area contributed by atoms with Crippen molar-refractivity contribution >= 4 is 28.3 Å². The van der Waals surface area contributed by atoms with Gasteiger partial charge in [-0.15, -0.1) is 0 Å². The molecule has 1 aromatic carbocycles. The molecule has 76 valence electrons. The molecule has 0 N–H and O–H groups in total. The lowest BCUT2D eigenvalue weighted by molar-refractivity contribution is -0.384. The van der Waals surface area contributed by atoms with E-state index in [2.05, 4.69) is 10.1 Å². The quantitative estimate of drug-likeness (QED) is 0.481. The van der Waals surface area contributed by atoms with Crippen LogP contribution < -0.4 is 0 Å². The fourth-order valence-corrected chi connectivity index (χ4v) is 1.64. The summed E-state index contributed by atoms with van der Waals surface area (Å²) >= 11 is 2.02. The minimum Gasteiger partial charge on any atom is -0.258 e. The molecular formula is C8H5IN4O2. The van der Waals surface area contributed by atoms with Gasteiger partial charge in [0.25, 0.3) is 5.69 Å². The summed E-state index contributed by atoms with van der Waals surface area (Å²) in [5.41, 5.74) is 0.435. The second-order valence-corrected chi connectivity index (χ2v) is 3.98. The highest BCUT2D eigenvalue weighted by Gasteiger charge is 2.15. The molecule has 1 heterocycles. The van der Waals surface area contributed by atoms with Crippen LogP contribution in [0.3, 0.4) is 0 Å². The van der Waals surface area contributed by atoms with Crippen molar-refractivity contribution in [1.29, 1.82) is 0 Å². The largest absolute Gasteiger partial charge is 0.295 e. The maximum absolute atomic E-state index is 10.8. The van der Waals surface area contributed by atoms with Crippen LogP contribution in [-0.4, -0.2) is 19.7 Å². The first-order valence-corrected chi connectivity index (χ1v) is 5.05. The first-order chi connectivity index (χ1) is 7.18. The fourth-order valence-electron chi connectivity index (χ4n) is 1.17. The second kappa shape index (κ2) is 3.93. The zero-order chi connectivity index (χ0) is 10.8. The van der Waals surface area contributed by atoms with Crippen molar-refractivity contribution in [2.24, 2.45) is 0 Å². The molecule has 0 radical (unpaired) electrons. The van der Waals surface area contributed by atoms with Crippen molar-refractivity contribution in [2.75, 3.05) is 0 Å². The van der Waals surface area contributed by atoms with E-state index >= 15 is 0 Å². The summed E-state index contributed by atoms with van der Waals surface area (Å²) in [5, 5.41) is 14.7. The Morgan fingerprint density at radius 2 is 2.27 bits per heavy atom. The number of halogens is 1. The molecule has 0 amide bonds. The van der Waals surface area contributed by atoms with Gasteiger partial charge < -0.3 is 0 Å². The minimum absolute atomic E-state index is 0.0207. The van der Waals surface area contributed by atoms with E-state index in [1.54, 1.807) is 12.1 Å². The molecule has 1 aromatic heterocycles. The summed E-state index contributed by atoms with van der Waals surface area (Å²) in [5.74, 6) is 0. The summed E-state index contributed by atoms with van der Waals surface area (Å²) in [6, 6.07) is 4.93. The van der Waals surface area contributed by atoms with Crippen molar-refractivity contribution < 1.29 is 4.92 Å². The van der Waals surface area contributed by atoms with Gasteiger partial charge in [-0.1, -0.05) is 0 Å². The molecule has 7 heteroatoms. The molecule has 0 fully saturated rings. The lowest BCUT2D eigenvalue weighted by Crippen LogP contribution is -2.00. The Morgan fingerprint density at radius 3 is 2.87 bits per heavy atom. The highest BCUT2D eigenvalue weighted by Crippen LogP contribution is 2.23. The van der Waals surface area contributed by atoms with Gasteiger partial charge in [0.05, 0.1) is 4.92 Å². The van der Waals surface area contributed by atoms with E-state index in [-0.39, 0.29) is 5.69 Å². The predicted molar refractivity (Wildman–Crippen MR) is 60.7 cm³/mol. The van der Waals surface area contributed by atoms with Gasteiger partial charge >= 0.3 is 0 Å². The van der Waals surface area contributed by atoms with E-state index in [1.165, 1.54) is 23.4 Å². The van der Waals surface area contributed by atoms with E-state index in [9.17, 15) is 10.1 Å². The van der Waals surface area contributed by atoms with E-state index in [4.69, 9.17) is 0 Å². The van der Waals surface area contributed by atoms with Gasteiger partial charge in [-0.3, -0.25) is 10.1 Å². The van der Waals surface area contributed by atoms with Crippen LogP contribution in [0.15, 0.2) is 30.9 Å². The SMILES string of the molecule is O=[N+]([O-])c1cc(I)ccc1-n1cncn1. The van der Waals surface area contributed by atoms with Gasteiger partial charge in [-0.2, -0.15) is 5.10 Å².